The van der Waals surface area contributed by atoms with Crippen molar-refractivity contribution in [3.63, 3.8) is 0 Å². The number of esters is 2. The molecule has 0 spiro atoms. The summed E-state index contributed by atoms with van der Waals surface area (Å²) in [6, 6.07) is 3.52. The van der Waals surface area contributed by atoms with Gasteiger partial charge in [-0.1, -0.05) is 23.4 Å². The monoisotopic (exact) mass is 598 g/mol. The smallest absolute Gasteiger partial charge is 0.348 e. The first-order valence-corrected chi connectivity index (χ1v) is 15.8. The molecule has 5 rings (SSSR count). The number of hydrogen-bond donors (Lipinski definition) is 0. The average molecular weight is 599 g/mol. The minimum Gasteiger partial charge on any atom is -0.467 e. The van der Waals surface area contributed by atoms with Gasteiger partial charge in [0.1, 0.15) is 15.5 Å². The number of aromatic nitrogens is 2. The van der Waals surface area contributed by atoms with Crippen LogP contribution < -0.4 is 10.3 Å². The minimum atomic E-state index is -0.442. The van der Waals surface area contributed by atoms with Crippen molar-refractivity contribution in [2.75, 3.05) is 20.0 Å². The Balaban J connectivity index is 1.53. The van der Waals surface area contributed by atoms with Crippen molar-refractivity contribution in [3.8, 4) is 5.75 Å². The van der Waals surface area contributed by atoms with Gasteiger partial charge >= 0.3 is 11.9 Å². The molecule has 3 heterocycles. The van der Waals surface area contributed by atoms with Gasteiger partial charge in [-0.25, -0.2) is 14.6 Å². The molecular weight excluding hydrogens is 564 g/mol. The molecule has 0 unspecified atom stereocenters. The molecule has 11 heteroatoms. The Kier molecular flexibility index (Phi) is 9.46. The molecule has 0 N–H and O–H groups in total. The van der Waals surface area contributed by atoms with E-state index in [2.05, 4.69) is 6.08 Å². The van der Waals surface area contributed by atoms with E-state index in [4.69, 9.17) is 23.9 Å². The number of ether oxygens (including phenoxy) is 4. The fourth-order valence-corrected chi connectivity index (χ4v) is 7.27. The van der Waals surface area contributed by atoms with Crippen LogP contribution in [0.3, 0.4) is 0 Å². The molecule has 0 fully saturated rings. The van der Waals surface area contributed by atoms with Gasteiger partial charge < -0.3 is 18.9 Å². The maximum absolute atomic E-state index is 13.9. The van der Waals surface area contributed by atoms with Crippen LogP contribution in [-0.4, -0.2) is 41.5 Å². The fraction of sp³-hybridized carbons (Fsp3) is 0.467. The number of hydrogen-bond acceptors (Lipinski definition) is 10. The van der Waals surface area contributed by atoms with Crippen LogP contribution in [0.25, 0.3) is 10.2 Å². The molecule has 2 aliphatic rings. The van der Waals surface area contributed by atoms with Gasteiger partial charge in [-0.2, -0.15) is 0 Å². The lowest BCUT2D eigenvalue weighted by atomic mass is 9.97. The van der Waals surface area contributed by atoms with E-state index in [-0.39, 0.29) is 25.6 Å². The summed E-state index contributed by atoms with van der Waals surface area (Å²) in [5, 5.41) is 1.01. The normalized spacial score (nSPS) is 14.8. The largest absolute Gasteiger partial charge is 0.467 e. The molecule has 0 amide bonds. The number of fused-ring (bicyclic) bond motifs is 2. The maximum atomic E-state index is 13.9. The Morgan fingerprint density at radius 1 is 1.15 bits per heavy atom. The number of aryl methyl sites for hydroxylation is 1. The number of nitrogens with zero attached hydrogens (tertiary/aromatic N) is 2. The number of carbonyl (C=O) groups excluding carboxylic acids is 2. The number of benzene rings is 1. The fourth-order valence-electron chi connectivity index (χ4n) is 5.16. The van der Waals surface area contributed by atoms with Crippen LogP contribution >= 0.6 is 23.1 Å². The third-order valence-electron chi connectivity index (χ3n) is 7.17. The van der Waals surface area contributed by atoms with Crippen LogP contribution in [0.2, 0.25) is 0 Å². The molecule has 3 aromatic rings. The predicted molar refractivity (Wildman–Crippen MR) is 158 cm³/mol. The van der Waals surface area contributed by atoms with Crippen molar-refractivity contribution in [1.29, 1.82) is 0 Å². The van der Waals surface area contributed by atoms with Crippen molar-refractivity contribution >= 4 is 45.3 Å². The second-order valence-electron chi connectivity index (χ2n) is 9.91. The second kappa shape index (κ2) is 13.2. The van der Waals surface area contributed by atoms with Crippen molar-refractivity contribution in [1.82, 2.24) is 9.55 Å². The molecule has 41 heavy (non-hydrogen) atoms. The molecule has 1 aromatic carbocycles. The summed E-state index contributed by atoms with van der Waals surface area (Å²) in [4.78, 5) is 44.9. The molecule has 0 bridgehead atoms. The van der Waals surface area contributed by atoms with Crippen LogP contribution in [0, 0.1) is 6.92 Å². The van der Waals surface area contributed by atoms with E-state index < -0.39 is 11.9 Å². The third kappa shape index (κ3) is 6.37. The van der Waals surface area contributed by atoms with E-state index in [1.807, 2.05) is 0 Å². The Morgan fingerprint density at radius 2 is 1.95 bits per heavy atom. The zero-order chi connectivity index (χ0) is 28.9. The Labute approximate surface area is 246 Å². The Morgan fingerprint density at radius 3 is 2.71 bits per heavy atom. The lowest BCUT2D eigenvalue weighted by molar-refractivity contribution is -0.0169. The highest BCUT2D eigenvalue weighted by Gasteiger charge is 2.24. The number of rotatable bonds is 10. The van der Waals surface area contributed by atoms with Gasteiger partial charge in [0, 0.05) is 23.4 Å². The summed E-state index contributed by atoms with van der Waals surface area (Å²) in [5.41, 5.74) is 3.80. The standard InChI is InChI=1S/C30H34N2O7S2/c1-4-37-28(34)20-13-21-15-36-17-39-24(21)22(14-20)16-40-30-31-26-23(18(3)25(41-26)29(35)38-5-2)27(33)32(30)12-11-19-9-7-6-8-10-19/h9,13-14H,4-8,10-12,15-17H2,1-3H3. The molecule has 1 aliphatic carbocycles. The van der Waals surface area contributed by atoms with E-state index in [9.17, 15) is 14.4 Å². The molecule has 2 aromatic heterocycles. The first-order chi connectivity index (χ1) is 19.9. The summed E-state index contributed by atoms with van der Waals surface area (Å²) < 4.78 is 23.5. The summed E-state index contributed by atoms with van der Waals surface area (Å²) >= 11 is 2.59. The van der Waals surface area contributed by atoms with Gasteiger partial charge in [0.2, 0.25) is 0 Å². The zero-order valence-electron chi connectivity index (χ0n) is 23.6. The molecule has 218 valence electrons. The van der Waals surface area contributed by atoms with Crippen molar-refractivity contribution in [3.05, 3.63) is 61.3 Å². The van der Waals surface area contributed by atoms with Gasteiger partial charge in [-0.05, 0) is 70.6 Å². The number of carbonyl (C=O) groups is 2. The van der Waals surface area contributed by atoms with E-state index >= 15 is 0 Å². The van der Waals surface area contributed by atoms with E-state index in [1.54, 1.807) is 37.5 Å². The van der Waals surface area contributed by atoms with Crippen LogP contribution in [-0.2, 0) is 33.1 Å². The zero-order valence-corrected chi connectivity index (χ0v) is 25.2. The molecule has 0 radical (unpaired) electrons. The van der Waals surface area contributed by atoms with Gasteiger partial charge in [0.25, 0.3) is 5.56 Å². The molecule has 0 saturated heterocycles. The van der Waals surface area contributed by atoms with Crippen molar-refractivity contribution < 1.29 is 28.5 Å². The number of thiophene rings is 1. The van der Waals surface area contributed by atoms with E-state index in [0.29, 0.717) is 56.0 Å². The third-order valence-corrected chi connectivity index (χ3v) is 9.36. The van der Waals surface area contributed by atoms with Crippen molar-refractivity contribution in [2.24, 2.45) is 0 Å². The highest BCUT2D eigenvalue weighted by molar-refractivity contribution is 7.98. The van der Waals surface area contributed by atoms with Crippen LogP contribution in [0.15, 0.2) is 33.7 Å². The Bertz CT molecular complexity index is 1560. The topological polar surface area (TPSA) is 106 Å². The predicted octanol–water partition coefficient (Wildman–Crippen LogP) is 6.17. The summed E-state index contributed by atoms with van der Waals surface area (Å²) in [5.74, 6) is 0.230. The summed E-state index contributed by atoms with van der Waals surface area (Å²) in [6.45, 7) is 6.77. The molecular formula is C30H34N2O7S2. The highest BCUT2D eigenvalue weighted by Crippen LogP contribution is 2.36. The first-order valence-electron chi connectivity index (χ1n) is 14.0. The average Bonchev–Trinajstić information content (AvgIpc) is 3.32. The SMILES string of the molecule is CCOC(=O)c1cc2c(c(CSc3nc4sc(C(=O)OCC)c(C)c4c(=O)n3CCC3=CCCCC3)c1)OCOC2. The van der Waals surface area contributed by atoms with E-state index in [0.717, 1.165) is 36.8 Å². The maximum Gasteiger partial charge on any atom is 0.348 e. The molecule has 0 saturated carbocycles. The summed E-state index contributed by atoms with van der Waals surface area (Å²) in [7, 11) is 0. The second-order valence-corrected chi connectivity index (χ2v) is 11.9. The highest BCUT2D eigenvalue weighted by atomic mass is 32.2. The lowest BCUT2D eigenvalue weighted by Crippen LogP contribution is -2.24. The molecule has 1 aliphatic heterocycles. The first kappa shape index (κ1) is 29.3. The van der Waals surface area contributed by atoms with Gasteiger partial charge in [-0.15, -0.1) is 11.3 Å². The van der Waals surface area contributed by atoms with Gasteiger partial charge in [0.05, 0.1) is 30.8 Å². The van der Waals surface area contributed by atoms with Crippen LogP contribution in [0.4, 0.5) is 0 Å². The molecule has 0 atom stereocenters. The number of thioether (sulfide) groups is 1. The quantitative estimate of drug-likeness (QED) is 0.117. The summed E-state index contributed by atoms with van der Waals surface area (Å²) in [6.07, 6.45) is 7.53. The van der Waals surface area contributed by atoms with Crippen molar-refractivity contribution in [2.45, 2.75) is 76.9 Å². The van der Waals surface area contributed by atoms with Crippen LogP contribution in [0.5, 0.6) is 5.75 Å². The Hall–Kier alpha value is -3.15. The van der Waals surface area contributed by atoms with Gasteiger partial charge in [0.15, 0.2) is 11.9 Å². The molecule has 9 nitrogen and oxygen atoms in total. The van der Waals surface area contributed by atoms with E-state index in [1.165, 1.54) is 35.1 Å². The van der Waals surface area contributed by atoms with Gasteiger partial charge in [-0.3, -0.25) is 9.36 Å². The van der Waals surface area contributed by atoms with Crippen LogP contribution in [0.1, 0.15) is 82.7 Å². The number of allylic oxidation sites excluding steroid dienone is 2. The lowest BCUT2D eigenvalue weighted by Gasteiger charge is -2.22. The minimum absolute atomic E-state index is 0.124.